The van der Waals surface area contributed by atoms with Crippen LogP contribution in [0, 0.1) is 0 Å². The molecule has 0 saturated heterocycles. The summed E-state index contributed by atoms with van der Waals surface area (Å²) in [5, 5.41) is 9.23. The Balaban J connectivity index is 2.17. The number of anilines is 1. The number of fused-ring (bicyclic) bond motifs is 1. The number of hydrogen-bond donors (Lipinski definition) is 2. The SMILES string of the molecule is CCCCCCCCCC(C(=O)O)S(=O)(=O)c1ccc(N)c2ccccc12. The molecule has 0 saturated carbocycles. The van der Waals surface area contributed by atoms with Gasteiger partial charge in [-0.05, 0) is 18.6 Å². The van der Waals surface area contributed by atoms with Gasteiger partial charge in [-0.3, -0.25) is 4.79 Å². The predicted molar refractivity (Wildman–Crippen MR) is 110 cm³/mol. The van der Waals surface area contributed by atoms with Crippen molar-refractivity contribution in [2.24, 2.45) is 0 Å². The summed E-state index contributed by atoms with van der Waals surface area (Å²) in [4.78, 5) is 11.8. The minimum absolute atomic E-state index is 0.0441. The van der Waals surface area contributed by atoms with Crippen LogP contribution in [0.15, 0.2) is 41.3 Å². The van der Waals surface area contributed by atoms with Gasteiger partial charge >= 0.3 is 5.97 Å². The molecule has 5 nitrogen and oxygen atoms in total. The maximum Gasteiger partial charge on any atom is 0.322 e. The fourth-order valence-corrected chi connectivity index (χ4v) is 5.19. The van der Waals surface area contributed by atoms with E-state index in [1.165, 1.54) is 31.4 Å². The highest BCUT2D eigenvalue weighted by Gasteiger charge is 2.34. The van der Waals surface area contributed by atoms with E-state index in [2.05, 4.69) is 6.92 Å². The molecule has 2 aromatic carbocycles. The topological polar surface area (TPSA) is 97.5 Å². The zero-order valence-electron chi connectivity index (χ0n) is 15.9. The van der Waals surface area contributed by atoms with Crippen molar-refractivity contribution in [1.29, 1.82) is 0 Å². The van der Waals surface area contributed by atoms with Gasteiger partial charge in [0, 0.05) is 16.5 Å². The minimum Gasteiger partial charge on any atom is -0.480 e. The van der Waals surface area contributed by atoms with Gasteiger partial charge in [-0.25, -0.2) is 8.42 Å². The fraction of sp³-hybridized carbons (Fsp3) is 0.476. The lowest BCUT2D eigenvalue weighted by molar-refractivity contribution is -0.136. The molecule has 2 rings (SSSR count). The molecule has 2 aromatic rings. The van der Waals surface area contributed by atoms with Crippen LogP contribution in [0.25, 0.3) is 10.8 Å². The van der Waals surface area contributed by atoms with Crippen LogP contribution in [-0.4, -0.2) is 24.7 Å². The van der Waals surface area contributed by atoms with E-state index in [-0.39, 0.29) is 11.3 Å². The number of hydrogen-bond acceptors (Lipinski definition) is 4. The van der Waals surface area contributed by atoms with Crippen molar-refractivity contribution >= 4 is 32.3 Å². The molecule has 0 aliphatic rings. The summed E-state index contributed by atoms with van der Waals surface area (Å²) in [6.07, 6.45) is 7.25. The quantitative estimate of drug-likeness (QED) is 0.424. The van der Waals surface area contributed by atoms with Gasteiger partial charge in [0.2, 0.25) is 0 Å². The first-order chi connectivity index (χ1) is 12.9. The lowest BCUT2D eigenvalue weighted by atomic mass is 10.1. The molecule has 0 aliphatic heterocycles. The van der Waals surface area contributed by atoms with Gasteiger partial charge in [0.15, 0.2) is 15.1 Å². The Kier molecular flexibility index (Phi) is 7.66. The highest BCUT2D eigenvalue weighted by atomic mass is 32.2. The van der Waals surface area contributed by atoms with Gasteiger partial charge in [-0.1, -0.05) is 76.1 Å². The predicted octanol–water partition coefficient (Wildman–Crippen LogP) is 4.79. The van der Waals surface area contributed by atoms with Crippen molar-refractivity contribution in [2.45, 2.75) is 68.4 Å². The van der Waals surface area contributed by atoms with Crippen LogP contribution in [0.4, 0.5) is 5.69 Å². The van der Waals surface area contributed by atoms with Crippen LogP contribution in [0.1, 0.15) is 58.3 Å². The molecule has 0 amide bonds. The number of rotatable bonds is 11. The first-order valence-electron chi connectivity index (χ1n) is 9.63. The summed E-state index contributed by atoms with van der Waals surface area (Å²) in [7, 11) is -4.00. The molecule has 27 heavy (non-hydrogen) atoms. The maximum atomic E-state index is 13.1. The van der Waals surface area contributed by atoms with E-state index in [1.54, 1.807) is 24.3 Å². The van der Waals surface area contributed by atoms with E-state index in [1.807, 2.05) is 0 Å². The van der Waals surface area contributed by atoms with Gasteiger partial charge in [0.25, 0.3) is 0 Å². The molecular weight excluding hydrogens is 362 g/mol. The van der Waals surface area contributed by atoms with E-state index in [0.29, 0.717) is 22.9 Å². The van der Waals surface area contributed by atoms with Gasteiger partial charge < -0.3 is 10.8 Å². The van der Waals surface area contributed by atoms with Crippen molar-refractivity contribution in [3.8, 4) is 0 Å². The first-order valence-corrected chi connectivity index (χ1v) is 11.2. The minimum atomic E-state index is -4.00. The van der Waals surface area contributed by atoms with Gasteiger partial charge in [-0.15, -0.1) is 0 Å². The molecule has 0 radical (unpaired) electrons. The number of sulfone groups is 1. The average Bonchev–Trinajstić information content (AvgIpc) is 2.63. The third-order valence-corrected chi connectivity index (χ3v) is 7.10. The number of nitrogen functional groups attached to an aromatic ring is 1. The van der Waals surface area contributed by atoms with E-state index < -0.39 is 21.1 Å². The Morgan fingerprint density at radius 3 is 2.19 bits per heavy atom. The van der Waals surface area contributed by atoms with E-state index in [4.69, 9.17) is 5.73 Å². The normalized spacial score (nSPS) is 12.9. The van der Waals surface area contributed by atoms with Gasteiger partial charge in [0.05, 0.1) is 4.90 Å². The van der Waals surface area contributed by atoms with E-state index in [9.17, 15) is 18.3 Å². The van der Waals surface area contributed by atoms with Crippen molar-refractivity contribution in [3.05, 3.63) is 36.4 Å². The number of aliphatic carboxylic acids is 1. The van der Waals surface area contributed by atoms with Crippen molar-refractivity contribution in [2.75, 3.05) is 5.73 Å². The highest BCUT2D eigenvalue weighted by Crippen LogP contribution is 2.31. The third-order valence-electron chi connectivity index (χ3n) is 4.94. The van der Waals surface area contributed by atoms with Gasteiger partial charge in [0.1, 0.15) is 0 Å². The van der Waals surface area contributed by atoms with Crippen LogP contribution < -0.4 is 5.73 Å². The Morgan fingerprint density at radius 1 is 0.963 bits per heavy atom. The number of unbranched alkanes of at least 4 members (excludes halogenated alkanes) is 6. The lowest BCUT2D eigenvalue weighted by Crippen LogP contribution is -2.30. The van der Waals surface area contributed by atoms with Crippen LogP contribution in [-0.2, 0) is 14.6 Å². The second-order valence-corrected chi connectivity index (χ2v) is 9.08. The Bertz CT molecular complexity index is 877. The van der Waals surface area contributed by atoms with E-state index in [0.717, 1.165) is 19.3 Å². The zero-order valence-corrected chi connectivity index (χ0v) is 16.7. The number of nitrogens with two attached hydrogens (primary N) is 1. The Morgan fingerprint density at radius 2 is 1.56 bits per heavy atom. The summed E-state index contributed by atoms with van der Waals surface area (Å²) < 4.78 is 26.2. The summed E-state index contributed by atoms with van der Waals surface area (Å²) in [5.41, 5.74) is 6.42. The molecule has 0 aromatic heterocycles. The molecule has 0 fully saturated rings. The second kappa shape index (κ2) is 9.74. The molecule has 0 bridgehead atoms. The summed E-state index contributed by atoms with van der Waals surface area (Å²) >= 11 is 0. The molecule has 6 heteroatoms. The molecule has 0 aliphatic carbocycles. The van der Waals surface area contributed by atoms with Crippen LogP contribution in [0.3, 0.4) is 0 Å². The third kappa shape index (κ3) is 5.22. The van der Waals surface area contributed by atoms with Crippen molar-refractivity contribution in [1.82, 2.24) is 0 Å². The van der Waals surface area contributed by atoms with Crippen molar-refractivity contribution in [3.63, 3.8) is 0 Å². The average molecular weight is 392 g/mol. The van der Waals surface area contributed by atoms with Crippen LogP contribution in [0.5, 0.6) is 0 Å². The van der Waals surface area contributed by atoms with Crippen LogP contribution in [0.2, 0.25) is 0 Å². The molecule has 3 N–H and O–H groups in total. The summed E-state index contributed by atoms with van der Waals surface area (Å²) in [6, 6.07) is 9.88. The molecule has 148 valence electrons. The second-order valence-electron chi connectivity index (χ2n) is 6.98. The smallest absolute Gasteiger partial charge is 0.322 e. The summed E-state index contributed by atoms with van der Waals surface area (Å²) in [6.45, 7) is 2.16. The number of carboxylic acids is 1. The largest absolute Gasteiger partial charge is 0.480 e. The monoisotopic (exact) mass is 391 g/mol. The Hall–Kier alpha value is -2.08. The zero-order chi connectivity index (χ0) is 19.9. The number of benzene rings is 2. The molecule has 0 heterocycles. The van der Waals surface area contributed by atoms with Crippen molar-refractivity contribution < 1.29 is 18.3 Å². The Labute approximate surface area is 161 Å². The summed E-state index contributed by atoms with van der Waals surface area (Å²) in [5.74, 6) is -1.29. The molecule has 1 atom stereocenters. The fourth-order valence-electron chi connectivity index (χ4n) is 3.39. The number of carboxylic acid groups (broad SMARTS) is 1. The van der Waals surface area contributed by atoms with E-state index >= 15 is 0 Å². The first kappa shape index (κ1) is 21.2. The molecular formula is C21H29NO4S. The highest BCUT2D eigenvalue weighted by molar-refractivity contribution is 7.93. The standard InChI is InChI=1S/C21H29NO4S/c1-2-3-4-5-6-7-8-13-20(21(23)24)27(25,26)19-15-14-18(22)16-11-9-10-12-17(16)19/h9-12,14-15,20H,2-8,13,22H2,1H3,(H,23,24). The maximum absolute atomic E-state index is 13.1. The molecule has 1 unspecified atom stereocenters. The van der Waals surface area contributed by atoms with Gasteiger partial charge in [-0.2, -0.15) is 0 Å². The van der Waals surface area contributed by atoms with Crippen LogP contribution >= 0.6 is 0 Å². The number of carbonyl (C=O) groups is 1. The lowest BCUT2D eigenvalue weighted by Gasteiger charge is -2.16. The molecule has 0 spiro atoms.